The highest BCUT2D eigenvalue weighted by Gasteiger charge is 2.19. The summed E-state index contributed by atoms with van der Waals surface area (Å²) in [4.78, 5) is 6.49. The van der Waals surface area contributed by atoms with Gasteiger partial charge in [-0.1, -0.05) is 5.16 Å². The molecule has 0 atom stereocenters. The summed E-state index contributed by atoms with van der Waals surface area (Å²) in [7, 11) is 0. The van der Waals surface area contributed by atoms with Crippen molar-refractivity contribution in [2.24, 2.45) is 0 Å². The zero-order chi connectivity index (χ0) is 12.4. The molecule has 0 bridgehead atoms. The van der Waals surface area contributed by atoms with E-state index >= 15 is 0 Å². The van der Waals surface area contributed by atoms with Crippen molar-refractivity contribution in [1.82, 2.24) is 15.0 Å². The van der Waals surface area contributed by atoms with E-state index in [1.165, 1.54) is 0 Å². The molecule has 1 aliphatic rings. The summed E-state index contributed by atoms with van der Waals surface area (Å²) in [6.45, 7) is 2.35. The van der Waals surface area contributed by atoms with Crippen LogP contribution >= 0.6 is 0 Å². The molecule has 0 spiro atoms. The molecule has 2 aromatic heterocycles. The second-order valence-electron chi connectivity index (χ2n) is 4.50. The molecule has 0 aromatic carbocycles. The third-order valence-electron chi connectivity index (χ3n) is 3.13. The smallest absolute Gasteiger partial charge is 0.241 e. The van der Waals surface area contributed by atoms with Gasteiger partial charge in [-0.25, -0.2) is 0 Å². The van der Waals surface area contributed by atoms with Gasteiger partial charge in [0, 0.05) is 13.1 Å². The molecule has 18 heavy (non-hydrogen) atoms. The Bertz CT molecular complexity index is 486. The molecule has 1 saturated heterocycles. The van der Waals surface area contributed by atoms with E-state index in [9.17, 15) is 5.11 Å². The Morgan fingerprint density at radius 2 is 2.22 bits per heavy atom. The maximum Gasteiger partial charge on any atom is 0.241 e. The van der Waals surface area contributed by atoms with Crippen molar-refractivity contribution in [2.75, 3.05) is 13.1 Å². The van der Waals surface area contributed by atoms with Gasteiger partial charge in [-0.2, -0.15) is 4.98 Å². The van der Waals surface area contributed by atoms with E-state index in [4.69, 9.17) is 8.94 Å². The van der Waals surface area contributed by atoms with Crippen molar-refractivity contribution in [2.45, 2.75) is 25.5 Å². The fraction of sp³-hybridized carbons (Fsp3) is 0.500. The van der Waals surface area contributed by atoms with Gasteiger partial charge < -0.3 is 14.0 Å². The molecule has 0 saturated carbocycles. The Balaban J connectivity index is 1.64. The molecule has 1 aliphatic heterocycles. The quantitative estimate of drug-likeness (QED) is 0.883. The lowest BCUT2D eigenvalue weighted by atomic mass is 10.1. The predicted octanol–water partition coefficient (Wildman–Crippen LogP) is 1.29. The van der Waals surface area contributed by atoms with Gasteiger partial charge in [-0.3, -0.25) is 4.90 Å². The number of hydrogen-bond donors (Lipinski definition) is 1. The van der Waals surface area contributed by atoms with E-state index < -0.39 is 0 Å². The number of aromatic nitrogens is 2. The molecule has 6 nitrogen and oxygen atoms in total. The van der Waals surface area contributed by atoms with Gasteiger partial charge >= 0.3 is 0 Å². The van der Waals surface area contributed by atoms with Crippen molar-refractivity contribution in [3.8, 4) is 11.6 Å². The first-order chi connectivity index (χ1) is 8.81. The molecule has 0 unspecified atom stereocenters. The van der Waals surface area contributed by atoms with Crippen molar-refractivity contribution in [3.05, 3.63) is 24.3 Å². The maximum atomic E-state index is 9.43. The van der Waals surface area contributed by atoms with Crippen LogP contribution in [-0.2, 0) is 6.54 Å². The van der Waals surface area contributed by atoms with E-state index in [2.05, 4.69) is 15.0 Å². The predicted molar refractivity (Wildman–Crippen MR) is 62.5 cm³/mol. The Morgan fingerprint density at radius 1 is 1.39 bits per heavy atom. The molecule has 0 aliphatic carbocycles. The summed E-state index contributed by atoms with van der Waals surface area (Å²) in [6.07, 6.45) is 3.03. The van der Waals surface area contributed by atoms with E-state index in [1.807, 2.05) is 0 Å². The first-order valence-corrected chi connectivity index (χ1v) is 6.08. The van der Waals surface area contributed by atoms with Crippen molar-refractivity contribution >= 4 is 0 Å². The van der Waals surface area contributed by atoms with Gasteiger partial charge in [-0.15, -0.1) is 0 Å². The lowest BCUT2D eigenvalue weighted by Gasteiger charge is -2.27. The van der Waals surface area contributed by atoms with E-state index in [0.717, 1.165) is 25.9 Å². The van der Waals surface area contributed by atoms with Crippen molar-refractivity contribution in [3.63, 3.8) is 0 Å². The van der Waals surface area contributed by atoms with Gasteiger partial charge in [-0.05, 0) is 25.0 Å². The average molecular weight is 249 g/mol. The molecule has 2 aromatic rings. The first kappa shape index (κ1) is 11.4. The van der Waals surface area contributed by atoms with Crippen LogP contribution in [0.2, 0.25) is 0 Å². The van der Waals surface area contributed by atoms with Crippen LogP contribution in [0.3, 0.4) is 0 Å². The average Bonchev–Trinajstić information content (AvgIpc) is 3.02. The second kappa shape index (κ2) is 4.91. The summed E-state index contributed by atoms with van der Waals surface area (Å²) in [6, 6.07) is 3.59. The lowest BCUT2D eigenvalue weighted by Crippen LogP contribution is -2.35. The standard InChI is InChI=1S/C12H15N3O3/c16-9-3-5-15(6-4-9)8-11-13-12(14-18-11)10-2-1-7-17-10/h1-2,7,9,16H,3-6,8H2. The number of aliphatic hydroxyl groups is 1. The zero-order valence-corrected chi connectivity index (χ0v) is 9.95. The SMILES string of the molecule is OC1CCN(Cc2nc(-c3ccco3)no2)CC1. The minimum absolute atomic E-state index is 0.164. The van der Waals surface area contributed by atoms with Crippen LogP contribution in [0.4, 0.5) is 0 Å². The number of likely N-dealkylation sites (tertiary alicyclic amines) is 1. The van der Waals surface area contributed by atoms with Crippen LogP contribution in [0.15, 0.2) is 27.3 Å². The third-order valence-corrected chi connectivity index (χ3v) is 3.13. The molecule has 3 rings (SSSR count). The number of furan rings is 1. The highest BCUT2D eigenvalue weighted by molar-refractivity contribution is 5.44. The third kappa shape index (κ3) is 2.44. The van der Waals surface area contributed by atoms with E-state index in [1.54, 1.807) is 18.4 Å². The van der Waals surface area contributed by atoms with E-state index in [-0.39, 0.29) is 6.10 Å². The molecule has 96 valence electrons. The van der Waals surface area contributed by atoms with Crippen LogP contribution in [0.25, 0.3) is 11.6 Å². The number of hydrogen-bond acceptors (Lipinski definition) is 6. The molecular weight excluding hydrogens is 234 g/mol. The first-order valence-electron chi connectivity index (χ1n) is 6.08. The van der Waals surface area contributed by atoms with Gasteiger partial charge in [0.25, 0.3) is 0 Å². The molecule has 3 heterocycles. The minimum atomic E-state index is -0.164. The molecule has 6 heteroatoms. The van der Waals surface area contributed by atoms with Crippen LogP contribution in [0, 0.1) is 0 Å². The largest absolute Gasteiger partial charge is 0.461 e. The maximum absolute atomic E-state index is 9.43. The Kier molecular flexibility index (Phi) is 3.12. The molecule has 1 fully saturated rings. The van der Waals surface area contributed by atoms with Crippen molar-refractivity contribution in [1.29, 1.82) is 0 Å². The lowest BCUT2D eigenvalue weighted by molar-refractivity contribution is 0.0740. The molecule has 0 radical (unpaired) electrons. The summed E-state index contributed by atoms with van der Waals surface area (Å²) in [5.74, 6) is 1.67. The Labute approximate surface area is 104 Å². The zero-order valence-electron chi connectivity index (χ0n) is 9.95. The summed E-state index contributed by atoms with van der Waals surface area (Å²) in [5.41, 5.74) is 0. The van der Waals surface area contributed by atoms with Gasteiger partial charge in [0.05, 0.1) is 18.9 Å². The Morgan fingerprint density at radius 3 is 2.94 bits per heavy atom. The molecule has 1 N–H and O–H groups in total. The monoisotopic (exact) mass is 249 g/mol. The van der Waals surface area contributed by atoms with Gasteiger partial charge in [0.2, 0.25) is 11.7 Å². The molecule has 0 amide bonds. The minimum Gasteiger partial charge on any atom is -0.461 e. The molecular formula is C12H15N3O3. The fourth-order valence-corrected chi connectivity index (χ4v) is 2.09. The normalized spacial score (nSPS) is 18.3. The Hall–Kier alpha value is -1.66. The van der Waals surface area contributed by atoms with E-state index in [0.29, 0.717) is 24.0 Å². The number of nitrogens with zero attached hydrogens (tertiary/aromatic N) is 3. The number of piperidine rings is 1. The topological polar surface area (TPSA) is 75.5 Å². The summed E-state index contributed by atoms with van der Waals surface area (Å²) in [5, 5.41) is 13.3. The van der Waals surface area contributed by atoms with Crippen LogP contribution in [0.5, 0.6) is 0 Å². The van der Waals surface area contributed by atoms with Gasteiger partial charge in [0.15, 0.2) is 5.76 Å². The number of aliphatic hydroxyl groups excluding tert-OH is 1. The second-order valence-corrected chi connectivity index (χ2v) is 4.50. The van der Waals surface area contributed by atoms with Crippen LogP contribution in [-0.4, -0.2) is 39.3 Å². The summed E-state index contributed by atoms with van der Waals surface area (Å²) < 4.78 is 10.4. The van der Waals surface area contributed by atoms with Crippen LogP contribution < -0.4 is 0 Å². The highest BCUT2D eigenvalue weighted by atomic mass is 16.5. The van der Waals surface area contributed by atoms with Crippen molar-refractivity contribution < 1.29 is 14.0 Å². The summed E-state index contributed by atoms with van der Waals surface area (Å²) >= 11 is 0. The van der Waals surface area contributed by atoms with Crippen LogP contribution in [0.1, 0.15) is 18.7 Å². The highest BCUT2D eigenvalue weighted by Crippen LogP contribution is 2.17. The fourth-order valence-electron chi connectivity index (χ4n) is 2.09. The number of rotatable bonds is 3. The van der Waals surface area contributed by atoms with Gasteiger partial charge in [0.1, 0.15) is 0 Å².